The maximum absolute atomic E-state index is 5.66. The summed E-state index contributed by atoms with van der Waals surface area (Å²) in [6, 6.07) is 7.97. The van der Waals surface area contributed by atoms with Gasteiger partial charge in [-0.05, 0) is 50.2 Å². The molecule has 0 unspecified atom stereocenters. The Kier molecular flexibility index (Phi) is 6.68. The van der Waals surface area contributed by atoms with E-state index >= 15 is 0 Å². The molecule has 0 amide bonds. The molecule has 1 aliphatic heterocycles. The van der Waals surface area contributed by atoms with Crippen LogP contribution in [-0.4, -0.2) is 44.2 Å². The maximum Gasteiger partial charge on any atom is 0.119 e. The Hall–Kier alpha value is -0.580. The van der Waals surface area contributed by atoms with Crippen molar-refractivity contribution < 1.29 is 4.74 Å². The quantitative estimate of drug-likeness (QED) is 0.780. The molecule has 4 heteroatoms. The number of hydrogen-bond donors (Lipinski definition) is 1. The fraction of sp³-hybridized carbons (Fsp3) is 0.600. The third-order valence-corrected chi connectivity index (χ3v) is 3.94. The lowest BCUT2D eigenvalue weighted by atomic mass is 10.1. The number of halogens is 1. The molecule has 1 N–H and O–H groups in total. The standard InChI is InChI=1S/C15H23BrN2O/c16-14-4-6-15(7-5-14)19-13-9-17-8-12-18-10-2-1-3-11-18/h4-7,17H,1-3,8-13H2. The zero-order valence-electron chi connectivity index (χ0n) is 11.4. The molecule has 1 aromatic rings. The molecule has 2 rings (SSSR count). The molecule has 106 valence electrons. The van der Waals surface area contributed by atoms with Gasteiger partial charge >= 0.3 is 0 Å². The van der Waals surface area contributed by atoms with Gasteiger partial charge in [0.15, 0.2) is 0 Å². The predicted octanol–water partition coefficient (Wildman–Crippen LogP) is 2.90. The van der Waals surface area contributed by atoms with Gasteiger partial charge in [0.2, 0.25) is 0 Å². The molecule has 1 saturated heterocycles. The van der Waals surface area contributed by atoms with Gasteiger partial charge in [-0.2, -0.15) is 0 Å². The summed E-state index contributed by atoms with van der Waals surface area (Å²) in [7, 11) is 0. The van der Waals surface area contributed by atoms with Gasteiger partial charge in [0.05, 0.1) is 0 Å². The van der Waals surface area contributed by atoms with E-state index in [0.717, 1.165) is 36.5 Å². The molecule has 1 aliphatic rings. The van der Waals surface area contributed by atoms with Crippen LogP contribution in [0.3, 0.4) is 0 Å². The molecule has 0 atom stereocenters. The zero-order chi connectivity index (χ0) is 13.3. The van der Waals surface area contributed by atoms with E-state index in [1.54, 1.807) is 0 Å². The first-order chi connectivity index (χ1) is 9.34. The first kappa shape index (κ1) is 14.8. The highest BCUT2D eigenvalue weighted by Crippen LogP contribution is 2.15. The molecular formula is C15H23BrN2O. The van der Waals surface area contributed by atoms with E-state index in [-0.39, 0.29) is 0 Å². The molecule has 0 saturated carbocycles. The highest BCUT2D eigenvalue weighted by Gasteiger charge is 2.08. The highest BCUT2D eigenvalue weighted by atomic mass is 79.9. The van der Waals surface area contributed by atoms with Crippen LogP contribution in [0.4, 0.5) is 0 Å². The van der Waals surface area contributed by atoms with Crippen LogP contribution in [0.2, 0.25) is 0 Å². The summed E-state index contributed by atoms with van der Waals surface area (Å²) in [5.74, 6) is 0.932. The van der Waals surface area contributed by atoms with Crippen molar-refractivity contribution in [1.29, 1.82) is 0 Å². The molecule has 0 bridgehead atoms. The summed E-state index contributed by atoms with van der Waals surface area (Å²) in [6.45, 7) is 6.40. The Balaban J connectivity index is 1.49. The first-order valence-corrected chi connectivity index (χ1v) is 7.95. The Labute approximate surface area is 124 Å². The Morgan fingerprint density at radius 2 is 1.79 bits per heavy atom. The third-order valence-electron chi connectivity index (χ3n) is 3.41. The minimum absolute atomic E-state index is 0.724. The second-order valence-corrected chi connectivity index (χ2v) is 5.87. The minimum Gasteiger partial charge on any atom is -0.492 e. The van der Waals surface area contributed by atoms with Gasteiger partial charge in [0.1, 0.15) is 12.4 Å². The molecule has 1 fully saturated rings. The molecule has 1 aromatic carbocycles. The maximum atomic E-state index is 5.66. The number of ether oxygens (including phenoxy) is 1. The van der Waals surface area contributed by atoms with Crippen LogP contribution in [0.15, 0.2) is 28.7 Å². The lowest BCUT2D eigenvalue weighted by Crippen LogP contribution is -2.36. The minimum atomic E-state index is 0.724. The number of likely N-dealkylation sites (tertiary alicyclic amines) is 1. The van der Waals surface area contributed by atoms with Crippen LogP contribution in [0.5, 0.6) is 5.75 Å². The molecule has 0 radical (unpaired) electrons. The first-order valence-electron chi connectivity index (χ1n) is 7.16. The van der Waals surface area contributed by atoms with Crippen molar-refractivity contribution in [2.45, 2.75) is 19.3 Å². The second-order valence-electron chi connectivity index (χ2n) is 4.95. The summed E-state index contributed by atoms with van der Waals surface area (Å²) in [5, 5.41) is 3.44. The molecule has 3 nitrogen and oxygen atoms in total. The van der Waals surface area contributed by atoms with Gasteiger partial charge in [0.25, 0.3) is 0 Å². The van der Waals surface area contributed by atoms with E-state index in [4.69, 9.17) is 4.74 Å². The van der Waals surface area contributed by atoms with E-state index in [1.807, 2.05) is 24.3 Å². The van der Waals surface area contributed by atoms with Crippen LogP contribution in [0.1, 0.15) is 19.3 Å². The van der Waals surface area contributed by atoms with Crippen molar-refractivity contribution in [3.63, 3.8) is 0 Å². The number of benzene rings is 1. The number of hydrogen-bond acceptors (Lipinski definition) is 3. The van der Waals surface area contributed by atoms with Crippen LogP contribution in [0, 0.1) is 0 Å². The van der Waals surface area contributed by atoms with Crippen LogP contribution in [0.25, 0.3) is 0 Å². The van der Waals surface area contributed by atoms with Crippen LogP contribution >= 0.6 is 15.9 Å². The Morgan fingerprint density at radius 3 is 2.53 bits per heavy atom. The van der Waals surface area contributed by atoms with Crippen molar-refractivity contribution in [3.05, 3.63) is 28.7 Å². The summed E-state index contributed by atoms with van der Waals surface area (Å²) in [6.07, 6.45) is 4.14. The topological polar surface area (TPSA) is 24.5 Å². The molecule has 0 spiro atoms. The molecule has 1 heterocycles. The monoisotopic (exact) mass is 326 g/mol. The summed E-state index contributed by atoms with van der Waals surface area (Å²) in [5.41, 5.74) is 0. The van der Waals surface area contributed by atoms with Crippen molar-refractivity contribution in [2.75, 3.05) is 39.3 Å². The SMILES string of the molecule is Brc1ccc(OCCNCCN2CCCCC2)cc1. The molecule has 19 heavy (non-hydrogen) atoms. The van der Waals surface area contributed by atoms with E-state index in [0.29, 0.717) is 0 Å². The van der Waals surface area contributed by atoms with Gasteiger partial charge < -0.3 is 15.0 Å². The summed E-state index contributed by atoms with van der Waals surface area (Å²) < 4.78 is 6.74. The van der Waals surface area contributed by atoms with Crippen molar-refractivity contribution in [3.8, 4) is 5.75 Å². The Morgan fingerprint density at radius 1 is 1.05 bits per heavy atom. The predicted molar refractivity (Wildman–Crippen MR) is 82.8 cm³/mol. The fourth-order valence-electron chi connectivity index (χ4n) is 2.32. The van der Waals surface area contributed by atoms with E-state index in [2.05, 4.69) is 26.1 Å². The van der Waals surface area contributed by atoms with Crippen LogP contribution in [-0.2, 0) is 0 Å². The highest BCUT2D eigenvalue weighted by molar-refractivity contribution is 9.10. The molecular weight excluding hydrogens is 304 g/mol. The average molecular weight is 327 g/mol. The zero-order valence-corrected chi connectivity index (χ0v) is 13.0. The fourth-order valence-corrected chi connectivity index (χ4v) is 2.58. The van der Waals surface area contributed by atoms with Gasteiger partial charge in [-0.1, -0.05) is 22.4 Å². The van der Waals surface area contributed by atoms with E-state index in [9.17, 15) is 0 Å². The number of piperidine rings is 1. The second kappa shape index (κ2) is 8.56. The Bertz CT molecular complexity index is 350. The molecule has 0 aromatic heterocycles. The normalized spacial score (nSPS) is 16.5. The molecule has 0 aliphatic carbocycles. The number of nitrogens with one attached hydrogen (secondary N) is 1. The smallest absolute Gasteiger partial charge is 0.119 e. The summed E-state index contributed by atoms with van der Waals surface area (Å²) in [4.78, 5) is 2.55. The van der Waals surface area contributed by atoms with E-state index in [1.165, 1.54) is 32.4 Å². The lowest BCUT2D eigenvalue weighted by molar-refractivity contribution is 0.226. The van der Waals surface area contributed by atoms with Gasteiger partial charge in [-0.15, -0.1) is 0 Å². The van der Waals surface area contributed by atoms with Gasteiger partial charge in [-0.3, -0.25) is 0 Å². The summed E-state index contributed by atoms with van der Waals surface area (Å²) >= 11 is 3.41. The third kappa shape index (κ3) is 5.93. The van der Waals surface area contributed by atoms with Gasteiger partial charge in [0, 0.05) is 24.1 Å². The van der Waals surface area contributed by atoms with E-state index < -0.39 is 0 Å². The number of nitrogens with zero attached hydrogens (tertiary/aromatic N) is 1. The van der Waals surface area contributed by atoms with Crippen molar-refractivity contribution in [2.24, 2.45) is 0 Å². The average Bonchev–Trinajstić information content (AvgIpc) is 2.46. The largest absolute Gasteiger partial charge is 0.492 e. The van der Waals surface area contributed by atoms with Crippen molar-refractivity contribution in [1.82, 2.24) is 10.2 Å². The number of rotatable bonds is 7. The van der Waals surface area contributed by atoms with Gasteiger partial charge in [-0.25, -0.2) is 0 Å². The van der Waals surface area contributed by atoms with Crippen molar-refractivity contribution >= 4 is 15.9 Å². The lowest BCUT2D eigenvalue weighted by Gasteiger charge is -2.26. The van der Waals surface area contributed by atoms with Crippen LogP contribution < -0.4 is 10.1 Å².